The van der Waals surface area contributed by atoms with Gasteiger partial charge in [-0.1, -0.05) is 17.7 Å². The summed E-state index contributed by atoms with van der Waals surface area (Å²) in [6.07, 6.45) is 1.28. The maximum atomic E-state index is 13.6. The lowest BCUT2D eigenvalue weighted by molar-refractivity contribution is 0.609. The number of hydrogen-bond acceptors (Lipinski definition) is 5. The first-order chi connectivity index (χ1) is 13.1. The van der Waals surface area contributed by atoms with Crippen LogP contribution >= 0.6 is 11.6 Å². The quantitative estimate of drug-likeness (QED) is 0.557. The first-order valence-corrected chi connectivity index (χ1v) is 10.6. The fourth-order valence-corrected chi connectivity index (χ4v) is 3.85. The molecule has 3 N–H and O–H groups in total. The molecule has 148 valence electrons. The van der Waals surface area contributed by atoms with Gasteiger partial charge in [0.15, 0.2) is 5.03 Å². The number of anilines is 1. The Morgan fingerprint density at radius 2 is 1.86 bits per heavy atom. The Hall–Kier alpha value is -2.52. The van der Waals surface area contributed by atoms with E-state index in [1.165, 1.54) is 43.5 Å². The molecule has 0 spiro atoms. The van der Waals surface area contributed by atoms with E-state index in [9.17, 15) is 13.0 Å². The summed E-state index contributed by atoms with van der Waals surface area (Å²) in [5.74, 6) is -0.300. The molecule has 0 aliphatic heterocycles. The molecule has 10 heteroatoms. The Morgan fingerprint density at radius 3 is 2.43 bits per heavy atom. The number of nitrogens with one attached hydrogen (secondary N) is 3. The Morgan fingerprint density at radius 1 is 1.18 bits per heavy atom. The number of aromatic amines is 1. The van der Waals surface area contributed by atoms with Gasteiger partial charge in [-0.15, -0.1) is 0 Å². The van der Waals surface area contributed by atoms with Gasteiger partial charge < -0.3 is 10.3 Å². The lowest BCUT2D eigenvalue weighted by Crippen LogP contribution is -2.16. The highest BCUT2D eigenvalue weighted by atomic mass is 35.5. The number of hydrogen-bond donors (Lipinski definition) is 3. The highest BCUT2D eigenvalue weighted by Gasteiger charge is 2.23. The van der Waals surface area contributed by atoms with Crippen LogP contribution in [-0.2, 0) is 9.73 Å². The van der Waals surface area contributed by atoms with Gasteiger partial charge in [-0.05, 0) is 43.7 Å². The van der Waals surface area contributed by atoms with Crippen molar-refractivity contribution in [1.82, 2.24) is 15.0 Å². The minimum Gasteiger partial charge on any atom is -0.356 e. The van der Waals surface area contributed by atoms with E-state index in [0.717, 1.165) is 0 Å². The molecule has 2 aromatic heterocycles. The maximum absolute atomic E-state index is 13.6. The Balaban J connectivity index is 2.11. The van der Waals surface area contributed by atoms with Crippen LogP contribution in [0.5, 0.6) is 0 Å². The number of aromatic nitrogens is 3. The molecule has 0 fully saturated rings. The van der Waals surface area contributed by atoms with E-state index >= 15 is 0 Å². The maximum Gasteiger partial charge on any atom is 0.156 e. The van der Waals surface area contributed by atoms with Crippen molar-refractivity contribution in [3.8, 4) is 0 Å². The zero-order valence-corrected chi connectivity index (χ0v) is 16.9. The van der Waals surface area contributed by atoms with Gasteiger partial charge in [0.1, 0.15) is 29.3 Å². The van der Waals surface area contributed by atoms with Gasteiger partial charge in [-0.2, -0.15) is 0 Å². The fraction of sp³-hybridized carbons (Fsp3) is 0.222. The Kier molecular flexibility index (Phi) is 5.40. The SMILES string of the molecule is Cc1nc(NC(c2ccc(F)c(Cl)c2)c2nc([S@](C)(=N)=O)c(C)[nH]2)ccc1F. The van der Waals surface area contributed by atoms with Crippen molar-refractivity contribution >= 4 is 27.1 Å². The zero-order valence-electron chi connectivity index (χ0n) is 15.3. The third-order valence-electron chi connectivity index (χ3n) is 4.09. The molecule has 0 aliphatic rings. The molecule has 3 rings (SSSR count). The second-order valence-corrected chi connectivity index (χ2v) is 8.89. The number of halogens is 3. The minimum absolute atomic E-state index is 0.0733. The van der Waals surface area contributed by atoms with Crippen LogP contribution in [-0.4, -0.2) is 25.4 Å². The molecule has 2 atom stereocenters. The van der Waals surface area contributed by atoms with E-state index in [2.05, 4.69) is 20.3 Å². The fourth-order valence-electron chi connectivity index (χ4n) is 2.76. The number of nitrogens with zero attached hydrogens (tertiary/aromatic N) is 2. The molecule has 3 aromatic rings. The lowest BCUT2D eigenvalue weighted by Gasteiger charge is -2.19. The van der Waals surface area contributed by atoms with E-state index in [-0.39, 0.29) is 15.7 Å². The van der Waals surface area contributed by atoms with Crippen LogP contribution in [0.1, 0.15) is 28.8 Å². The van der Waals surface area contributed by atoms with Gasteiger partial charge in [-0.3, -0.25) is 0 Å². The summed E-state index contributed by atoms with van der Waals surface area (Å²) < 4.78 is 47.1. The van der Waals surface area contributed by atoms with E-state index in [1.807, 2.05) is 0 Å². The summed E-state index contributed by atoms with van der Waals surface area (Å²) in [5.41, 5.74) is 1.25. The van der Waals surface area contributed by atoms with Crippen molar-refractivity contribution in [2.24, 2.45) is 0 Å². The van der Waals surface area contributed by atoms with Crippen LogP contribution in [0.25, 0.3) is 0 Å². The first kappa shape index (κ1) is 20.2. The molecule has 1 aromatic carbocycles. The molecule has 6 nitrogen and oxygen atoms in total. The molecule has 2 heterocycles. The van der Waals surface area contributed by atoms with Crippen molar-refractivity contribution in [1.29, 1.82) is 4.78 Å². The zero-order chi connectivity index (χ0) is 20.6. The van der Waals surface area contributed by atoms with Crippen molar-refractivity contribution < 1.29 is 13.0 Å². The van der Waals surface area contributed by atoms with Crippen LogP contribution in [0.4, 0.5) is 14.6 Å². The summed E-state index contributed by atoms with van der Waals surface area (Å²) in [5, 5.41) is 3.17. The number of aryl methyl sites for hydroxylation is 2. The normalized spacial score (nSPS) is 14.5. The molecule has 0 saturated carbocycles. The Labute approximate surface area is 166 Å². The highest BCUT2D eigenvalue weighted by Crippen LogP contribution is 2.29. The lowest BCUT2D eigenvalue weighted by atomic mass is 10.1. The van der Waals surface area contributed by atoms with E-state index in [4.69, 9.17) is 16.4 Å². The van der Waals surface area contributed by atoms with E-state index < -0.39 is 27.4 Å². The molecule has 1 unspecified atom stereocenters. The van der Waals surface area contributed by atoms with Crippen LogP contribution in [0.15, 0.2) is 35.4 Å². The number of benzene rings is 1. The summed E-state index contributed by atoms with van der Waals surface area (Å²) in [6, 6.07) is 6.25. The third kappa shape index (κ3) is 4.15. The van der Waals surface area contributed by atoms with Gasteiger partial charge >= 0.3 is 0 Å². The smallest absolute Gasteiger partial charge is 0.156 e. The Bertz CT molecular complexity index is 1150. The molecule has 0 saturated heterocycles. The van der Waals surface area contributed by atoms with Gasteiger partial charge in [0, 0.05) is 11.9 Å². The molecule has 0 aliphatic carbocycles. The van der Waals surface area contributed by atoms with Crippen LogP contribution in [0.3, 0.4) is 0 Å². The summed E-state index contributed by atoms with van der Waals surface area (Å²) in [4.78, 5) is 11.5. The van der Waals surface area contributed by atoms with Crippen LogP contribution in [0.2, 0.25) is 5.02 Å². The van der Waals surface area contributed by atoms with Crippen molar-refractivity contribution in [3.05, 3.63) is 69.8 Å². The predicted molar refractivity (Wildman–Crippen MR) is 104 cm³/mol. The van der Waals surface area contributed by atoms with Gasteiger partial charge in [0.25, 0.3) is 0 Å². The minimum atomic E-state index is -3.05. The van der Waals surface area contributed by atoms with Gasteiger partial charge in [0.2, 0.25) is 0 Å². The third-order valence-corrected chi connectivity index (χ3v) is 5.52. The van der Waals surface area contributed by atoms with Crippen molar-refractivity contribution in [3.63, 3.8) is 0 Å². The van der Waals surface area contributed by atoms with E-state index in [0.29, 0.717) is 22.9 Å². The van der Waals surface area contributed by atoms with Crippen molar-refractivity contribution in [2.75, 3.05) is 11.6 Å². The highest BCUT2D eigenvalue weighted by molar-refractivity contribution is 7.91. The molecular formula is C18H18ClF2N5OS. The van der Waals surface area contributed by atoms with Crippen molar-refractivity contribution in [2.45, 2.75) is 24.9 Å². The summed E-state index contributed by atoms with van der Waals surface area (Å²) in [6.45, 7) is 3.20. The van der Waals surface area contributed by atoms with E-state index in [1.54, 1.807) is 6.92 Å². The second kappa shape index (κ2) is 7.48. The standard InChI is InChI=1S/C18H18ClF2N5OS/c1-9-13(20)6-7-15(23-9)25-16(11-4-5-14(21)12(19)8-11)17-24-10(2)18(26-17)28(3,22)27/h4-8,16,22H,1-3H3,(H,23,25)(H,24,26)/t16?,28-/m1/s1. The second-order valence-electron chi connectivity index (χ2n) is 6.41. The van der Waals surface area contributed by atoms with Crippen LogP contribution in [0, 0.1) is 30.3 Å². The number of H-pyrrole nitrogens is 1. The molecule has 0 amide bonds. The molecule has 0 bridgehead atoms. The first-order valence-electron chi connectivity index (χ1n) is 8.21. The molecule has 28 heavy (non-hydrogen) atoms. The topological polar surface area (TPSA) is 94.5 Å². The average molecular weight is 426 g/mol. The monoisotopic (exact) mass is 425 g/mol. The summed E-state index contributed by atoms with van der Waals surface area (Å²) in [7, 11) is -3.05. The number of pyridine rings is 1. The molecular weight excluding hydrogens is 408 g/mol. The number of imidazole rings is 1. The van der Waals surface area contributed by atoms with Gasteiger partial charge in [-0.25, -0.2) is 27.7 Å². The average Bonchev–Trinajstić information content (AvgIpc) is 3.00. The predicted octanol–water partition coefficient (Wildman–Crippen LogP) is 4.59. The summed E-state index contributed by atoms with van der Waals surface area (Å²) >= 11 is 5.93. The number of rotatable bonds is 5. The van der Waals surface area contributed by atoms with Crippen LogP contribution < -0.4 is 5.32 Å². The largest absolute Gasteiger partial charge is 0.356 e. The van der Waals surface area contributed by atoms with Gasteiger partial charge in [0.05, 0.1) is 20.4 Å². The molecule has 0 radical (unpaired) electrons.